The predicted molar refractivity (Wildman–Crippen MR) is 108 cm³/mol. The normalized spacial score (nSPS) is 10.3. The van der Waals surface area contributed by atoms with Crippen LogP contribution in [0.1, 0.15) is 21.5 Å². The number of anilines is 1. The second-order valence-electron chi connectivity index (χ2n) is 6.11. The number of carbonyl (C=O) groups excluding carboxylic acids is 2. The largest absolute Gasteiger partial charge is 0.452 e. The number of pyridine rings is 1. The molecule has 0 spiro atoms. The summed E-state index contributed by atoms with van der Waals surface area (Å²) in [5.74, 6) is -1.01. The topological polar surface area (TPSA) is 68.3 Å². The highest BCUT2D eigenvalue weighted by molar-refractivity contribution is 6.32. The number of hydrogen-bond acceptors (Lipinski definition) is 4. The van der Waals surface area contributed by atoms with Crippen molar-refractivity contribution < 1.29 is 14.3 Å². The molecule has 28 heavy (non-hydrogen) atoms. The van der Waals surface area contributed by atoms with Gasteiger partial charge in [0.15, 0.2) is 11.8 Å². The Morgan fingerprint density at radius 1 is 0.929 bits per heavy atom. The number of aryl methyl sites for hydroxylation is 2. The zero-order chi connectivity index (χ0) is 19.8. The van der Waals surface area contributed by atoms with Crippen LogP contribution in [0.15, 0.2) is 72.9 Å². The van der Waals surface area contributed by atoms with Gasteiger partial charge in [0.2, 0.25) is 0 Å². The third-order valence-corrected chi connectivity index (χ3v) is 4.43. The molecule has 3 rings (SSSR count). The molecule has 1 amide bonds. The maximum Gasteiger partial charge on any atom is 0.338 e. The van der Waals surface area contributed by atoms with Crippen LogP contribution in [0, 0.1) is 0 Å². The summed E-state index contributed by atoms with van der Waals surface area (Å²) in [5, 5.41) is 2.74. The first-order valence-electron chi connectivity index (χ1n) is 8.83. The smallest absolute Gasteiger partial charge is 0.338 e. The number of nitrogens with zero attached hydrogens (tertiary/aromatic N) is 1. The van der Waals surface area contributed by atoms with E-state index in [0.29, 0.717) is 17.7 Å². The van der Waals surface area contributed by atoms with Crippen molar-refractivity contribution >= 4 is 29.2 Å². The lowest BCUT2D eigenvalue weighted by Gasteiger charge is -2.10. The Morgan fingerprint density at radius 2 is 1.68 bits per heavy atom. The molecule has 0 fully saturated rings. The highest BCUT2D eigenvalue weighted by Gasteiger charge is 2.15. The van der Waals surface area contributed by atoms with Gasteiger partial charge >= 0.3 is 5.97 Å². The van der Waals surface area contributed by atoms with E-state index in [0.717, 1.165) is 12.0 Å². The van der Waals surface area contributed by atoms with Crippen molar-refractivity contribution in [3.63, 3.8) is 0 Å². The summed E-state index contributed by atoms with van der Waals surface area (Å²) in [6, 6.07) is 20.6. The van der Waals surface area contributed by atoms with Gasteiger partial charge in [-0.2, -0.15) is 0 Å². The van der Waals surface area contributed by atoms with Gasteiger partial charge in [-0.3, -0.25) is 4.79 Å². The van der Waals surface area contributed by atoms with Gasteiger partial charge in [-0.05, 0) is 42.2 Å². The highest BCUT2D eigenvalue weighted by atomic mass is 35.5. The number of halogens is 1. The van der Waals surface area contributed by atoms with Crippen LogP contribution in [0.4, 0.5) is 5.69 Å². The van der Waals surface area contributed by atoms with Gasteiger partial charge < -0.3 is 10.1 Å². The summed E-state index contributed by atoms with van der Waals surface area (Å²) in [6.07, 6.45) is 3.03. The molecular formula is C22H19ClN2O3. The fourth-order valence-corrected chi connectivity index (χ4v) is 2.90. The van der Waals surface area contributed by atoms with E-state index in [1.807, 2.05) is 30.3 Å². The second-order valence-corrected chi connectivity index (χ2v) is 6.47. The number of aromatic nitrogens is 1. The van der Waals surface area contributed by atoms with E-state index >= 15 is 0 Å². The number of rotatable bonds is 7. The summed E-state index contributed by atoms with van der Waals surface area (Å²) in [4.78, 5) is 28.4. The average Bonchev–Trinajstić information content (AvgIpc) is 2.73. The van der Waals surface area contributed by atoms with Crippen LogP contribution in [0.2, 0.25) is 5.15 Å². The van der Waals surface area contributed by atoms with E-state index in [1.165, 1.54) is 11.8 Å². The summed E-state index contributed by atoms with van der Waals surface area (Å²) < 4.78 is 5.18. The van der Waals surface area contributed by atoms with Crippen molar-refractivity contribution in [1.29, 1.82) is 0 Å². The highest BCUT2D eigenvalue weighted by Crippen LogP contribution is 2.17. The van der Waals surface area contributed by atoms with E-state index in [9.17, 15) is 9.59 Å². The van der Waals surface area contributed by atoms with Gasteiger partial charge in [0.25, 0.3) is 5.91 Å². The fraction of sp³-hybridized carbons (Fsp3) is 0.136. The first kappa shape index (κ1) is 19.6. The van der Waals surface area contributed by atoms with E-state index in [1.54, 1.807) is 24.3 Å². The molecule has 5 nitrogen and oxygen atoms in total. The van der Waals surface area contributed by atoms with Crippen molar-refractivity contribution in [2.45, 2.75) is 12.8 Å². The summed E-state index contributed by atoms with van der Waals surface area (Å²) in [7, 11) is 0. The minimum atomic E-state index is -0.531. The first-order chi connectivity index (χ1) is 13.6. The quantitative estimate of drug-likeness (QED) is 0.478. The zero-order valence-corrected chi connectivity index (χ0v) is 15.9. The maximum atomic E-state index is 12.5. The van der Waals surface area contributed by atoms with Crippen LogP contribution in [-0.4, -0.2) is 23.5 Å². The Labute approximate surface area is 168 Å². The summed E-state index contributed by atoms with van der Waals surface area (Å²) >= 11 is 5.90. The minimum Gasteiger partial charge on any atom is -0.452 e. The van der Waals surface area contributed by atoms with E-state index < -0.39 is 18.5 Å². The van der Waals surface area contributed by atoms with Crippen LogP contribution in [-0.2, 0) is 22.4 Å². The van der Waals surface area contributed by atoms with Gasteiger partial charge in [-0.1, -0.05) is 60.1 Å². The molecule has 0 radical (unpaired) electrons. The molecule has 2 aromatic carbocycles. The van der Waals surface area contributed by atoms with Crippen molar-refractivity contribution in [2.24, 2.45) is 0 Å². The molecular weight excluding hydrogens is 376 g/mol. The van der Waals surface area contributed by atoms with Crippen LogP contribution in [0.5, 0.6) is 0 Å². The first-order valence-corrected chi connectivity index (χ1v) is 9.20. The maximum absolute atomic E-state index is 12.5. The van der Waals surface area contributed by atoms with Gasteiger partial charge in [0.05, 0.1) is 11.3 Å². The van der Waals surface area contributed by atoms with Crippen LogP contribution >= 0.6 is 11.6 Å². The van der Waals surface area contributed by atoms with Crippen molar-refractivity contribution in [2.75, 3.05) is 11.9 Å². The lowest BCUT2D eigenvalue weighted by atomic mass is 10.00. The minimum absolute atomic E-state index is 0.174. The Hall–Kier alpha value is -3.18. The number of benzene rings is 2. The molecule has 0 saturated carbocycles. The van der Waals surface area contributed by atoms with E-state index in [2.05, 4.69) is 22.4 Å². The molecule has 0 aliphatic heterocycles. The number of carbonyl (C=O) groups is 2. The molecule has 1 N–H and O–H groups in total. The Morgan fingerprint density at radius 3 is 2.46 bits per heavy atom. The SMILES string of the molecule is O=C(COC(=O)c1ccccc1CCc1ccccc1)Nc1cccnc1Cl. The number of amides is 1. The molecule has 0 bridgehead atoms. The molecule has 142 valence electrons. The summed E-state index contributed by atoms with van der Waals surface area (Å²) in [5.41, 5.74) is 2.91. The third kappa shape index (κ3) is 5.41. The molecule has 6 heteroatoms. The van der Waals surface area contributed by atoms with Gasteiger partial charge in [-0.15, -0.1) is 0 Å². The van der Waals surface area contributed by atoms with Crippen molar-refractivity contribution in [3.8, 4) is 0 Å². The molecule has 0 atom stereocenters. The molecule has 1 heterocycles. The molecule has 0 saturated heterocycles. The van der Waals surface area contributed by atoms with Crippen molar-refractivity contribution in [3.05, 3.63) is 94.8 Å². The monoisotopic (exact) mass is 394 g/mol. The standard InChI is InChI=1S/C22H19ClN2O3/c23-21-19(11-6-14-24-21)25-20(26)15-28-22(27)18-10-5-4-9-17(18)13-12-16-7-2-1-3-8-16/h1-11,14H,12-13,15H2,(H,25,26). The Bertz CT molecular complexity index is 961. The molecule has 0 aliphatic carbocycles. The Kier molecular flexibility index (Phi) is 6.76. The number of ether oxygens (including phenoxy) is 1. The van der Waals surface area contributed by atoms with Gasteiger partial charge in [-0.25, -0.2) is 9.78 Å². The number of esters is 1. The molecule has 0 unspecified atom stereocenters. The molecule has 3 aromatic rings. The lowest BCUT2D eigenvalue weighted by Crippen LogP contribution is -2.21. The van der Waals surface area contributed by atoms with Crippen LogP contribution in [0.25, 0.3) is 0 Å². The van der Waals surface area contributed by atoms with Gasteiger partial charge in [0, 0.05) is 6.20 Å². The van der Waals surface area contributed by atoms with Crippen LogP contribution in [0.3, 0.4) is 0 Å². The average molecular weight is 395 g/mol. The zero-order valence-electron chi connectivity index (χ0n) is 15.1. The van der Waals surface area contributed by atoms with Crippen molar-refractivity contribution in [1.82, 2.24) is 4.98 Å². The number of hydrogen-bond donors (Lipinski definition) is 1. The van der Waals surface area contributed by atoms with E-state index in [4.69, 9.17) is 16.3 Å². The second kappa shape index (κ2) is 9.67. The van der Waals surface area contributed by atoms with Gasteiger partial charge in [0.1, 0.15) is 0 Å². The molecule has 0 aliphatic rings. The fourth-order valence-electron chi connectivity index (χ4n) is 2.74. The van der Waals surface area contributed by atoms with E-state index in [-0.39, 0.29) is 5.15 Å². The predicted octanol–water partition coefficient (Wildman–Crippen LogP) is 4.32. The molecule has 1 aromatic heterocycles. The van der Waals surface area contributed by atoms with Crippen LogP contribution < -0.4 is 5.32 Å². The summed E-state index contributed by atoms with van der Waals surface area (Å²) in [6.45, 7) is -0.406. The third-order valence-electron chi connectivity index (χ3n) is 4.13. The Balaban J connectivity index is 1.58. The lowest BCUT2D eigenvalue weighted by molar-refractivity contribution is -0.119. The number of nitrogens with one attached hydrogen (secondary N) is 1.